The molecule has 1 aromatic heterocycles. The molecule has 2 heterocycles. The Morgan fingerprint density at radius 3 is 3.00 bits per heavy atom. The van der Waals surface area contributed by atoms with Crippen molar-refractivity contribution in [3.63, 3.8) is 0 Å². The Bertz CT molecular complexity index is 710. The van der Waals surface area contributed by atoms with Crippen molar-refractivity contribution >= 4 is 5.91 Å². The van der Waals surface area contributed by atoms with Gasteiger partial charge in [-0.2, -0.15) is 5.10 Å². The zero-order valence-electron chi connectivity index (χ0n) is 13.8. The number of carbonyl (C=O) groups is 1. The van der Waals surface area contributed by atoms with E-state index in [1.165, 1.54) is 15.8 Å². The maximum atomic E-state index is 12.7. The molecule has 1 aliphatic heterocycles. The molecule has 0 aliphatic carbocycles. The molecule has 0 N–H and O–H groups in total. The minimum absolute atomic E-state index is 0.0579. The average molecular weight is 314 g/mol. The Kier molecular flexibility index (Phi) is 4.43. The number of likely N-dealkylation sites (tertiary alicyclic amines) is 1. The number of hydrogen-bond acceptors (Lipinski definition) is 4. The fourth-order valence-corrected chi connectivity index (χ4v) is 3.10. The highest BCUT2D eigenvalue weighted by atomic mass is 16.5. The summed E-state index contributed by atoms with van der Waals surface area (Å²) >= 11 is 0. The molecule has 1 unspecified atom stereocenters. The van der Waals surface area contributed by atoms with E-state index in [1.807, 2.05) is 4.90 Å². The first-order valence-electron chi connectivity index (χ1n) is 7.83. The second-order valence-electron chi connectivity index (χ2n) is 6.06. The third-order valence-corrected chi connectivity index (χ3v) is 4.26. The number of hydrogen-bond donors (Lipinski definition) is 0. The van der Waals surface area contributed by atoms with Gasteiger partial charge in [-0.15, -0.1) is 0 Å². The first kappa shape index (κ1) is 15.7. The summed E-state index contributed by atoms with van der Waals surface area (Å²) in [4.78, 5) is 18.9. The Morgan fingerprint density at radius 2 is 2.26 bits per heavy atom. The second kappa shape index (κ2) is 6.50. The zero-order chi connectivity index (χ0) is 16.4. The van der Waals surface area contributed by atoms with Crippen LogP contribution in [0.4, 0.5) is 0 Å². The third kappa shape index (κ3) is 3.27. The van der Waals surface area contributed by atoms with Crippen LogP contribution in [0, 0.1) is 6.92 Å². The van der Waals surface area contributed by atoms with Crippen LogP contribution in [0.15, 0.2) is 24.3 Å². The molecule has 0 saturated carbocycles. The summed E-state index contributed by atoms with van der Waals surface area (Å²) in [5, 5.41) is 4.21. The van der Waals surface area contributed by atoms with Crippen LogP contribution >= 0.6 is 0 Å². The summed E-state index contributed by atoms with van der Waals surface area (Å²) in [7, 11) is 3.33. The lowest BCUT2D eigenvalue weighted by atomic mass is 9.97. The minimum Gasteiger partial charge on any atom is -0.377 e. The molecule has 0 spiro atoms. The quantitative estimate of drug-likeness (QED) is 0.865. The first-order chi connectivity index (χ1) is 11.1. The maximum absolute atomic E-state index is 12.7. The van der Waals surface area contributed by atoms with Gasteiger partial charge in [-0.3, -0.25) is 4.79 Å². The van der Waals surface area contributed by atoms with E-state index in [1.54, 1.807) is 14.2 Å². The summed E-state index contributed by atoms with van der Waals surface area (Å²) < 4.78 is 6.56. The smallest absolute Gasteiger partial charge is 0.291 e. The first-order valence-corrected chi connectivity index (χ1v) is 7.83. The topological polar surface area (TPSA) is 60.2 Å². The number of amides is 1. The lowest BCUT2D eigenvalue weighted by Gasteiger charge is -2.16. The van der Waals surface area contributed by atoms with Crippen LogP contribution < -0.4 is 0 Å². The molecule has 1 atom stereocenters. The summed E-state index contributed by atoms with van der Waals surface area (Å²) in [5.74, 6) is 1.25. The van der Waals surface area contributed by atoms with Crippen LogP contribution in [0.3, 0.4) is 0 Å². The number of rotatable bonds is 4. The van der Waals surface area contributed by atoms with Gasteiger partial charge in [-0.05, 0) is 18.9 Å². The molecule has 1 aliphatic rings. The molecule has 1 amide bonds. The number of aromatic nitrogens is 3. The molecule has 1 fully saturated rings. The average Bonchev–Trinajstić information content (AvgIpc) is 3.14. The molecular formula is C17H22N4O2. The fraction of sp³-hybridized carbons (Fsp3) is 0.471. The van der Waals surface area contributed by atoms with Crippen LogP contribution in [0.25, 0.3) is 0 Å². The highest BCUT2D eigenvalue weighted by Crippen LogP contribution is 2.28. The van der Waals surface area contributed by atoms with Crippen LogP contribution in [0.5, 0.6) is 0 Å². The van der Waals surface area contributed by atoms with E-state index in [9.17, 15) is 4.79 Å². The summed E-state index contributed by atoms with van der Waals surface area (Å²) in [6, 6.07) is 8.52. The van der Waals surface area contributed by atoms with E-state index >= 15 is 0 Å². The van der Waals surface area contributed by atoms with Gasteiger partial charge in [-0.1, -0.05) is 29.8 Å². The normalized spacial score (nSPS) is 17.7. The number of ether oxygens (including phenoxy) is 1. The molecule has 122 valence electrons. The number of aryl methyl sites for hydroxylation is 2. The Morgan fingerprint density at radius 1 is 1.43 bits per heavy atom. The molecule has 6 nitrogen and oxygen atoms in total. The van der Waals surface area contributed by atoms with Crippen molar-refractivity contribution in [1.82, 2.24) is 19.7 Å². The zero-order valence-corrected chi connectivity index (χ0v) is 13.8. The third-order valence-electron chi connectivity index (χ3n) is 4.26. The minimum atomic E-state index is -0.0579. The predicted molar refractivity (Wildman–Crippen MR) is 86.2 cm³/mol. The highest BCUT2D eigenvalue weighted by Gasteiger charge is 2.30. The molecule has 2 aromatic rings. The predicted octanol–water partition coefficient (Wildman–Crippen LogP) is 1.90. The van der Waals surface area contributed by atoms with Gasteiger partial charge in [0.2, 0.25) is 5.82 Å². The molecule has 1 saturated heterocycles. The van der Waals surface area contributed by atoms with E-state index in [-0.39, 0.29) is 5.91 Å². The lowest BCUT2D eigenvalue weighted by molar-refractivity contribution is 0.0773. The van der Waals surface area contributed by atoms with Gasteiger partial charge in [0, 0.05) is 33.2 Å². The van der Waals surface area contributed by atoms with Crippen molar-refractivity contribution in [2.24, 2.45) is 7.05 Å². The number of carbonyl (C=O) groups excluding carboxylic acids is 1. The standard InChI is InChI=1S/C17H22N4O2/c1-12-5-4-6-13(9-12)14-7-8-21(10-14)17(22)16-18-15(11-23-3)19-20(16)2/h4-6,9,14H,7-8,10-11H2,1-3H3. The molecule has 3 rings (SSSR count). The van der Waals surface area contributed by atoms with E-state index in [2.05, 4.69) is 41.3 Å². The molecule has 0 radical (unpaired) electrons. The highest BCUT2D eigenvalue weighted by molar-refractivity contribution is 5.91. The van der Waals surface area contributed by atoms with Gasteiger partial charge in [0.05, 0.1) is 0 Å². The number of methoxy groups -OCH3 is 1. The van der Waals surface area contributed by atoms with Crippen molar-refractivity contribution in [2.75, 3.05) is 20.2 Å². The Balaban J connectivity index is 1.72. The molecule has 0 bridgehead atoms. The van der Waals surface area contributed by atoms with Crippen molar-refractivity contribution in [1.29, 1.82) is 0 Å². The molecule has 6 heteroatoms. The number of benzene rings is 1. The van der Waals surface area contributed by atoms with Crippen LogP contribution in [-0.2, 0) is 18.4 Å². The summed E-state index contributed by atoms with van der Waals surface area (Å²) in [5.41, 5.74) is 2.56. The van der Waals surface area contributed by atoms with Crippen molar-refractivity contribution in [3.8, 4) is 0 Å². The van der Waals surface area contributed by atoms with Gasteiger partial charge in [-0.25, -0.2) is 9.67 Å². The Labute approximate surface area is 136 Å². The summed E-state index contributed by atoms with van der Waals surface area (Å²) in [6.45, 7) is 3.89. The van der Waals surface area contributed by atoms with Gasteiger partial charge in [0.1, 0.15) is 6.61 Å². The molecular weight excluding hydrogens is 292 g/mol. The van der Waals surface area contributed by atoms with E-state index in [0.717, 1.165) is 19.5 Å². The van der Waals surface area contributed by atoms with Gasteiger partial charge in [0.25, 0.3) is 5.91 Å². The van der Waals surface area contributed by atoms with E-state index < -0.39 is 0 Å². The largest absolute Gasteiger partial charge is 0.377 e. The second-order valence-corrected chi connectivity index (χ2v) is 6.06. The fourth-order valence-electron chi connectivity index (χ4n) is 3.10. The van der Waals surface area contributed by atoms with Crippen LogP contribution in [0.1, 0.15) is 39.9 Å². The van der Waals surface area contributed by atoms with Crippen molar-refractivity contribution in [3.05, 3.63) is 47.0 Å². The number of nitrogens with zero attached hydrogens (tertiary/aromatic N) is 4. The molecule has 23 heavy (non-hydrogen) atoms. The lowest BCUT2D eigenvalue weighted by Crippen LogP contribution is -2.30. The Hall–Kier alpha value is -2.21. The monoisotopic (exact) mass is 314 g/mol. The van der Waals surface area contributed by atoms with Gasteiger partial charge >= 0.3 is 0 Å². The maximum Gasteiger partial charge on any atom is 0.291 e. The molecule has 1 aromatic carbocycles. The van der Waals surface area contributed by atoms with Gasteiger partial charge in [0.15, 0.2) is 5.82 Å². The summed E-state index contributed by atoms with van der Waals surface area (Å²) in [6.07, 6.45) is 0.984. The van der Waals surface area contributed by atoms with Crippen molar-refractivity contribution < 1.29 is 9.53 Å². The van der Waals surface area contributed by atoms with E-state index in [0.29, 0.717) is 24.2 Å². The van der Waals surface area contributed by atoms with Crippen LogP contribution in [0.2, 0.25) is 0 Å². The van der Waals surface area contributed by atoms with E-state index in [4.69, 9.17) is 4.74 Å². The van der Waals surface area contributed by atoms with Crippen molar-refractivity contribution in [2.45, 2.75) is 25.9 Å². The van der Waals surface area contributed by atoms with Gasteiger partial charge < -0.3 is 9.64 Å². The SMILES string of the molecule is COCc1nc(C(=O)N2CCC(c3cccc(C)c3)C2)n(C)n1. The van der Waals surface area contributed by atoms with Crippen LogP contribution in [-0.4, -0.2) is 45.8 Å².